The summed E-state index contributed by atoms with van der Waals surface area (Å²) in [6, 6.07) is 14.0. The van der Waals surface area contributed by atoms with E-state index in [1.54, 1.807) is 23.6 Å². The largest absolute Gasteiger partial charge is 0.324 e. The molecular formula is C20H19FN2O3S2. The fraction of sp³-hybridized carbons (Fsp3) is 0.150. The van der Waals surface area contributed by atoms with E-state index < -0.39 is 28.3 Å². The highest BCUT2D eigenvalue weighted by molar-refractivity contribution is 7.94. The predicted octanol–water partition coefficient (Wildman–Crippen LogP) is 4.34. The lowest BCUT2D eigenvalue weighted by Crippen LogP contribution is -2.38. The number of halogens is 1. The van der Waals surface area contributed by atoms with Crippen molar-refractivity contribution in [2.24, 2.45) is 0 Å². The molecule has 146 valence electrons. The SMILES string of the molecule is Cc1cccc(NC(=O)CN(c2ccccc2F)S(=O)(=O)c2cccs2)c1C. The third kappa shape index (κ3) is 4.07. The average Bonchev–Trinajstić information content (AvgIpc) is 3.20. The number of benzene rings is 2. The number of hydrogen-bond acceptors (Lipinski definition) is 4. The van der Waals surface area contributed by atoms with Crippen molar-refractivity contribution in [3.63, 3.8) is 0 Å². The molecule has 1 aromatic heterocycles. The normalized spacial score (nSPS) is 11.2. The van der Waals surface area contributed by atoms with Crippen LogP contribution in [0, 0.1) is 19.7 Å². The molecule has 0 aliphatic carbocycles. The maximum atomic E-state index is 14.4. The van der Waals surface area contributed by atoms with Crippen LogP contribution in [0.2, 0.25) is 0 Å². The number of rotatable bonds is 6. The van der Waals surface area contributed by atoms with Crippen molar-refractivity contribution in [1.82, 2.24) is 0 Å². The highest BCUT2D eigenvalue weighted by atomic mass is 32.2. The summed E-state index contributed by atoms with van der Waals surface area (Å²) in [6.45, 7) is 3.23. The molecule has 3 aromatic rings. The van der Waals surface area contributed by atoms with Gasteiger partial charge in [0.05, 0.1) is 5.69 Å². The first-order chi connectivity index (χ1) is 13.3. The summed E-state index contributed by atoms with van der Waals surface area (Å²) in [7, 11) is -4.09. The van der Waals surface area contributed by atoms with Crippen LogP contribution in [0.25, 0.3) is 0 Å². The van der Waals surface area contributed by atoms with Crippen LogP contribution >= 0.6 is 11.3 Å². The van der Waals surface area contributed by atoms with Crippen LogP contribution in [0.5, 0.6) is 0 Å². The third-order valence-corrected chi connectivity index (χ3v) is 7.46. The van der Waals surface area contributed by atoms with Crippen LogP contribution < -0.4 is 9.62 Å². The lowest BCUT2D eigenvalue weighted by atomic mass is 10.1. The van der Waals surface area contributed by atoms with Crippen LogP contribution in [0.3, 0.4) is 0 Å². The molecule has 1 heterocycles. The predicted molar refractivity (Wildman–Crippen MR) is 110 cm³/mol. The summed E-state index contributed by atoms with van der Waals surface area (Å²) in [5.41, 5.74) is 2.29. The van der Waals surface area contributed by atoms with Crippen molar-refractivity contribution in [2.75, 3.05) is 16.2 Å². The van der Waals surface area contributed by atoms with Gasteiger partial charge < -0.3 is 5.32 Å². The Labute approximate surface area is 167 Å². The molecule has 0 fully saturated rings. The molecule has 0 spiro atoms. The van der Waals surface area contributed by atoms with Crippen LogP contribution in [-0.4, -0.2) is 20.9 Å². The first-order valence-corrected chi connectivity index (χ1v) is 10.8. The van der Waals surface area contributed by atoms with Crippen molar-refractivity contribution in [3.05, 3.63) is 76.9 Å². The molecule has 0 unspecified atom stereocenters. The van der Waals surface area contributed by atoms with Crippen molar-refractivity contribution in [1.29, 1.82) is 0 Å². The number of amides is 1. The quantitative estimate of drug-likeness (QED) is 0.648. The van der Waals surface area contributed by atoms with E-state index in [0.29, 0.717) is 5.69 Å². The smallest absolute Gasteiger partial charge is 0.274 e. The number of anilines is 2. The summed E-state index contributed by atoms with van der Waals surface area (Å²) >= 11 is 1.01. The monoisotopic (exact) mass is 418 g/mol. The van der Waals surface area contributed by atoms with Gasteiger partial charge in [-0.2, -0.15) is 0 Å². The Morgan fingerprint density at radius 3 is 2.50 bits per heavy atom. The molecule has 0 bridgehead atoms. The summed E-state index contributed by atoms with van der Waals surface area (Å²) in [6.07, 6.45) is 0. The molecule has 0 saturated heterocycles. The molecule has 8 heteroatoms. The van der Waals surface area contributed by atoms with Gasteiger partial charge in [0.2, 0.25) is 5.91 Å². The van der Waals surface area contributed by atoms with Gasteiger partial charge in [0.25, 0.3) is 10.0 Å². The van der Waals surface area contributed by atoms with E-state index in [1.165, 1.54) is 24.3 Å². The van der Waals surface area contributed by atoms with Gasteiger partial charge >= 0.3 is 0 Å². The lowest BCUT2D eigenvalue weighted by Gasteiger charge is -2.24. The fourth-order valence-electron chi connectivity index (χ4n) is 2.68. The van der Waals surface area contributed by atoms with Gasteiger partial charge in [-0.15, -0.1) is 11.3 Å². The van der Waals surface area contributed by atoms with Crippen molar-refractivity contribution >= 4 is 38.6 Å². The van der Waals surface area contributed by atoms with Crippen LogP contribution in [0.4, 0.5) is 15.8 Å². The minimum absolute atomic E-state index is 0.0373. The van der Waals surface area contributed by atoms with E-state index in [2.05, 4.69) is 5.32 Å². The molecule has 0 radical (unpaired) electrons. The number of nitrogens with zero attached hydrogens (tertiary/aromatic N) is 1. The first kappa shape index (κ1) is 20.0. The summed E-state index contributed by atoms with van der Waals surface area (Å²) < 4.78 is 41.3. The van der Waals surface area contributed by atoms with Crippen molar-refractivity contribution < 1.29 is 17.6 Å². The van der Waals surface area contributed by atoms with Gasteiger partial charge in [-0.1, -0.05) is 30.3 Å². The first-order valence-electron chi connectivity index (χ1n) is 8.47. The zero-order chi connectivity index (χ0) is 20.3. The summed E-state index contributed by atoms with van der Waals surface area (Å²) in [5.74, 6) is -1.28. The number of aryl methyl sites for hydroxylation is 1. The highest BCUT2D eigenvalue weighted by Crippen LogP contribution is 2.28. The molecule has 0 atom stereocenters. The number of hydrogen-bond donors (Lipinski definition) is 1. The average molecular weight is 419 g/mol. The number of thiophene rings is 1. The Balaban J connectivity index is 1.95. The number of sulfonamides is 1. The number of nitrogens with one attached hydrogen (secondary N) is 1. The fourth-order valence-corrected chi connectivity index (χ4v) is 5.21. The molecule has 2 aromatic carbocycles. The molecule has 1 N–H and O–H groups in total. The third-order valence-electron chi connectivity index (χ3n) is 4.33. The number of carbonyl (C=O) groups is 1. The van der Waals surface area contributed by atoms with Crippen molar-refractivity contribution in [2.45, 2.75) is 18.1 Å². The van der Waals surface area contributed by atoms with Crippen molar-refractivity contribution in [3.8, 4) is 0 Å². The van der Waals surface area contributed by atoms with E-state index in [9.17, 15) is 17.6 Å². The number of para-hydroxylation sites is 1. The summed E-state index contributed by atoms with van der Waals surface area (Å²) in [4.78, 5) is 12.7. The van der Waals surface area contributed by atoms with Crippen LogP contribution in [0.1, 0.15) is 11.1 Å². The minimum Gasteiger partial charge on any atom is -0.324 e. The molecular weight excluding hydrogens is 399 g/mol. The molecule has 0 aliphatic heterocycles. The Hall–Kier alpha value is -2.71. The zero-order valence-corrected chi connectivity index (χ0v) is 17.0. The Morgan fingerprint density at radius 2 is 1.82 bits per heavy atom. The Morgan fingerprint density at radius 1 is 1.07 bits per heavy atom. The van der Waals surface area contributed by atoms with Gasteiger partial charge in [-0.3, -0.25) is 9.10 Å². The maximum Gasteiger partial charge on any atom is 0.274 e. The van der Waals surface area contributed by atoms with Gasteiger partial charge in [-0.05, 0) is 54.6 Å². The van der Waals surface area contributed by atoms with Gasteiger partial charge in [0.15, 0.2) is 0 Å². The minimum atomic E-state index is -4.09. The topological polar surface area (TPSA) is 66.5 Å². The second-order valence-corrected chi connectivity index (χ2v) is 9.23. The second kappa shape index (κ2) is 8.12. The van der Waals surface area contributed by atoms with E-state index in [1.807, 2.05) is 19.9 Å². The van der Waals surface area contributed by atoms with E-state index in [-0.39, 0.29) is 9.90 Å². The zero-order valence-electron chi connectivity index (χ0n) is 15.3. The molecule has 28 heavy (non-hydrogen) atoms. The van der Waals surface area contributed by atoms with E-state index in [4.69, 9.17) is 0 Å². The lowest BCUT2D eigenvalue weighted by molar-refractivity contribution is -0.114. The van der Waals surface area contributed by atoms with Gasteiger partial charge in [0.1, 0.15) is 16.6 Å². The maximum absolute atomic E-state index is 14.4. The van der Waals surface area contributed by atoms with Crippen LogP contribution in [-0.2, 0) is 14.8 Å². The molecule has 1 amide bonds. The molecule has 0 aliphatic rings. The Bertz CT molecular complexity index is 1100. The van der Waals surface area contributed by atoms with E-state index >= 15 is 0 Å². The summed E-state index contributed by atoms with van der Waals surface area (Å²) in [5, 5.41) is 4.34. The van der Waals surface area contributed by atoms with Gasteiger partial charge in [-0.25, -0.2) is 12.8 Å². The second-order valence-electron chi connectivity index (χ2n) is 6.19. The Kier molecular flexibility index (Phi) is 5.81. The standard InChI is InChI=1S/C20H19FN2O3S2/c1-14-7-5-9-17(15(14)2)22-19(24)13-23(18-10-4-3-8-16(18)21)28(25,26)20-11-6-12-27-20/h3-12H,13H2,1-2H3,(H,22,24). The molecule has 3 rings (SSSR count). The number of carbonyl (C=O) groups excluding carboxylic acids is 1. The van der Waals surface area contributed by atoms with E-state index in [0.717, 1.165) is 32.8 Å². The molecule has 0 saturated carbocycles. The van der Waals surface area contributed by atoms with Gasteiger partial charge in [0, 0.05) is 5.69 Å². The molecule has 5 nitrogen and oxygen atoms in total. The highest BCUT2D eigenvalue weighted by Gasteiger charge is 2.30. The van der Waals surface area contributed by atoms with Crippen LogP contribution in [0.15, 0.2) is 64.2 Å².